The monoisotopic (exact) mass is 416 g/mol. The molecule has 1 N–H and O–H groups in total. The average Bonchev–Trinajstić information content (AvgIpc) is 3.17. The molecule has 0 spiro atoms. The number of amides is 2. The zero-order chi connectivity index (χ0) is 20.1. The van der Waals surface area contributed by atoms with Gasteiger partial charge in [0.2, 0.25) is 5.91 Å². The van der Waals surface area contributed by atoms with Crippen LogP contribution in [0.25, 0.3) is 0 Å². The SMILES string of the molecule is C=C(C)COc1cccc(NC(=O)C2CSCN2C(=O)c2ccc(Cl)cc2)c1. The van der Waals surface area contributed by atoms with Gasteiger partial charge in [-0.15, -0.1) is 11.8 Å². The summed E-state index contributed by atoms with van der Waals surface area (Å²) in [6, 6.07) is 13.3. The molecule has 1 saturated heterocycles. The van der Waals surface area contributed by atoms with Crippen molar-refractivity contribution in [2.45, 2.75) is 13.0 Å². The molecule has 1 heterocycles. The zero-order valence-corrected chi connectivity index (χ0v) is 17.1. The number of thioether (sulfide) groups is 1. The normalized spacial score (nSPS) is 15.9. The predicted molar refractivity (Wildman–Crippen MR) is 114 cm³/mol. The highest BCUT2D eigenvalue weighted by Crippen LogP contribution is 2.25. The number of hydrogen-bond donors (Lipinski definition) is 1. The van der Waals surface area contributed by atoms with E-state index in [1.54, 1.807) is 53.1 Å². The minimum Gasteiger partial charge on any atom is -0.489 e. The molecular formula is C21H21ClN2O3S. The number of nitrogens with zero attached hydrogens (tertiary/aromatic N) is 1. The molecule has 0 saturated carbocycles. The Morgan fingerprint density at radius 3 is 2.75 bits per heavy atom. The van der Waals surface area contributed by atoms with Gasteiger partial charge in [-0.3, -0.25) is 9.59 Å². The number of rotatable bonds is 6. The van der Waals surface area contributed by atoms with Crippen LogP contribution in [0.2, 0.25) is 5.02 Å². The summed E-state index contributed by atoms with van der Waals surface area (Å²) in [5.74, 6) is 1.28. The molecular weight excluding hydrogens is 396 g/mol. The number of nitrogens with one attached hydrogen (secondary N) is 1. The van der Waals surface area contributed by atoms with Crippen LogP contribution in [0.3, 0.4) is 0 Å². The summed E-state index contributed by atoms with van der Waals surface area (Å²) >= 11 is 7.44. The molecule has 0 radical (unpaired) electrons. The summed E-state index contributed by atoms with van der Waals surface area (Å²) < 4.78 is 5.61. The van der Waals surface area contributed by atoms with Gasteiger partial charge in [0.05, 0.1) is 5.88 Å². The van der Waals surface area contributed by atoms with E-state index in [-0.39, 0.29) is 11.8 Å². The van der Waals surface area contributed by atoms with Crippen LogP contribution in [0, 0.1) is 0 Å². The summed E-state index contributed by atoms with van der Waals surface area (Å²) in [6.45, 7) is 6.11. The first kappa shape index (κ1) is 20.3. The topological polar surface area (TPSA) is 58.6 Å². The Balaban J connectivity index is 1.68. The fraction of sp³-hybridized carbons (Fsp3) is 0.238. The van der Waals surface area contributed by atoms with Gasteiger partial charge in [-0.25, -0.2) is 0 Å². The molecule has 146 valence electrons. The van der Waals surface area contributed by atoms with Gasteiger partial charge in [0.25, 0.3) is 5.91 Å². The first-order valence-electron chi connectivity index (χ1n) is 8.76. The summed E-state index contributed by atoms with van der Waals surface area (Å²) in [4.78, 5) is 27.2. The van der Waals surface area contributed by atoms with Gasteiger partial charge in [0.15, 0.2) is 0 Å². The summed E-state index contributed by atoms with van der Waals surface area (Å²) in [7, 11) is 0. The van der Waals surface area contributed by atoms with Crippen LogP contribution in [-0.2, 0) is 4.79 Å². The highest BCUT2D eigenvalue weighted by molar-refractivity contribution is 7.99. The molecule has 1 atom stereocenters. The Hall–Kier alpha value is -2.44. The summed E-state index contributed by atoms with van der Waals surface area (Å²) in [5, 5.41) is 3.45. The molecule has 7 heteroatoms. The van der Waals surface area contributed by atoms with E-state index < -0.39 is 6.04 Å². The Kier molecular flexibility index (Phi) is 6.65. The van der Waals surface area contributed by atoms with Gasteiger partial charge < -0.3 is 15.0 Å². The minimum atomic E-state index is -0.534. The van der Waals surface area contributed by atoms with Crippen molar-refractivity contribution in [3.05, 3.63) is 71.3 Å². The predicted octanol–water partition coefficient (Wildman–Crippen LogP) is 4.45. The molecule has 0 bridgehead atoms. The lowest BCUT2D eigenvalue weighted by molar-refractivity contribution is -0.119. The standard InChI is InChI=1S/C21H21ClN2O3S/c1-14(2)11-27-18-5-3-4-17(10-18)23-20(25)19-12-28-13-24(19)21(26)15-6-8-16(22)9-7-15/h3-10,19H,1,11-13H2,2H3,(H,23,25). The number of anilines is 1. The van der Waals surface area contributed by atoms with Crippen LogP contribution in [-0.4, -0.2) is 41.0 Å². The molecule has 1 fully saturated rings. The highest BCUT2D eigenvalue weighted by Gasteiger charge is 2.35. The third kappa shape index (κ3) is 5.09. The largest absolute Gasteiger partial charge is 0.489 e. The Morgan fingerprint density at radius 2 is 2.04 bits per heavy atom. The molecule has 3 rings (SSSR count). The van der Waals surface area contributed by atoms with Crippen molar-refractivity contribution < 1.29 is 14.3 Å². The maximum atomic E-state index is 12.8. The van der Waals surface area contributed by atoms with Crippen LogP contribution >= 0.6 is 23.4 Å². The van der Waals surface area contributed by atoms with Crippen LogP contribution in [0.15, 0.2) is 60.7 Å². The van der Waals surface area contributed by atoms with Crippen molar-refractivity contribution in [3.8, 4) is 5.75 Å². The second-order valence-corrected chi connectivity index (χ2v) is 8.00. The van der Waals surface area contributed by atoms with Gasteiger partial charge in [-0.05, 0) is 48.9 Å². The van der Waals surface area contributed by atoms with E-state index in [1.807, 2.05) is 19.1 Å². The number of carbonyl (C=O) groups is 2. The van der Waals surface area contributed by atoms with Crippen molar-refractivity contribution in [2.24, 2.45) is 0 Å². The Labute approximate surface area is 173 Å². The lowest BCUT2D eigenvalue weighted by atomic mass is 10.1. The van der Waals surface area contributed by atoms with Crippen LogP contribution < -0.4 is 10.1 Å². The number of hydrogen-bond acceptors (Lipinski definition) is 4. The number of carbonyl (C=O) groups excluding carboxylic acids is 2. The third-order valence-electron chi connectivity index (χ3n) is 4.12. The van der Waals surface area contributed by atoms with E-state index in [2.05, 4.69) is 11.9 Å². The van der Waals surface area contributed by atoms with E-state index in [1.165, 1.54) is 0 Å². The maximum Gasteiger partial charge on any atom is 0.255 e. The van der Waals surface area contributed by atoms with Crippen molar-refractivity contribution in [2.75, 3.05) is 23.6 Å². The summed E-state index contributed by atoms with van der Waals surface area (Å²) in [5.41, 5.74) is 2.05. The van der Waals surface area contributed by atoms with Crippen LogP contribution in [0.5, 0.6) is 5.75 Å². The summed E-state index contributed by atoms with van der Waals surface area (Å²) in [6.07, 6.45) is 0. The van der Waals surface area contributed by atoms with E-state index in [9.17, 15) is 9.59 Å². The third-order valence-corrected chi connectivity index (χ3v) is 5.39. The number of halogens is 1. The first-order chi connectivity index (χ1) is 13.4. The van der Waals surface area contributed by atoms with Crippen molar-refractivity contribution in [3.63, 3.8) is 0 Å². The number of ether oxygens (including phenoxy) is 1. The lowest BCUT2D eigenvalue weighted by Gasteiger charge is -2.23. The van der Waals surface area contributed by atoms with Crippen molar-refractivity contribution in [1.82, 2.24) is 4.90 Å². The average molecular weight is 417 g/mol. The molecule has 28 heavy (non-hydrogen) atoms. The van der Waals surface area contributed by atoms with Gasteiger partial charge in [0, 0.05) is 28.1 Å². The fourth-order valence-corrected chi connectivity index (χ4v) is 3.99. The minimum absolute atomic E-state index is 0.180. The van der Waals surface area contributed by atoms with Crippen LogP contribution in [0.4, 0.5) is 5.69 Å². The molecule has 2 aromatic carbocycles. The first-order valence-corrected chi connectivity index (χ1v) is 10.3. The smallest absolute Gasteiger partial charge is 0.255 e. The molecule has 2 aromatic rings. The fourth-order valence-electron chi connectivity index (χ4n) is 2.71. The molecule has 1 aliphatic heterocycles. The maximum absolute atomic E-state index is 12.8. The van der Waals surface area contributed by atoms with E-state index in [4.69, 9.17) is 16.3 Å². The molecule has 1 unspecified atom stereocenters. The molecule has 0 aliphatic carbocycles. The van der Waals surface area contributed by atoms with Crippen LogP contribution in [0.1, 0.15) is 17.3 Å². The quantitative estimate of drug-likeness (QED) is 0.707. The van der Waals surface area contributed by atoms with Gasteiger partial charge in [0.1, 0.15) is 18.4 Å². The van der Waals surface area contributed by atoms with E-state index >= 15 is 0 Å². The van der Waals surface area contributed by atoms with E-state index in [0.29, 0.717) is 40.3 Å². The zero-order valence-electron chi connectivity index (χ0n) is 15.5. The van der Waals surface area contributed by atoms with Gasteiger partial charge in [-0.1, -0.05) is 24.2 Å². The molecule has 1 aliphatic rings. The molecule has 0 aromatic heterocycles. The van der Waals surface area contributed by atoms with Gasteiger partial charge >= 0.3 is 0 Å². The van der Waals surface area contributed by atoms with E-state index in [0.717, 1.165) is 5.57 Å². The molecule has 5 nitrogen and oxygen atoms in total. The highest BCUT2D eigenvalue weighted by atomic mass is 35.5. The number of benzene rings is 2. The molecule has 2 amide bonds. The lowest BCUT2D eigenvalue weighted by Crippen LogP contribution is -2.44. The Bertz CT molecular complexity index is 885. The Morgan fingerprint density at radius 1 is 1.29 bits per heavy atom. The second kappa shape index (κ2) is 9.17. The van der Waals surface area contributed by atoms with Crippen molar-refractivity contribution >= 4 is 40.9 Å². The second-order valence-electron chi connectivity index (χ2n) is 6.56. The van der Waals surface area contributed by atoms with Crippen molar-refractivity contribution in [1.29, 1.82) is 0 Å². The van der Waals surface area contributed by atoms with Gasteiger partial charge in [-0.2, -0.15) is 0 Å².